The lowest BCUT2D eigenvalue weighted by atomic mass is 9.98. The van der Waals surface area contributed by atoms with E-state index >= 15 is 0 Å². The molecule has 0 spiro atoms. The zero-order valence-corrected chi connectivity index (χ0v) is 15.3. The highest BCUT2D eigenvalue weighted by Gasteiger charge is 2.36. The Hall–Kier alpha value is -0.910. The second-order valence-electron chi connectivity index (χ2n) is 6.24. The molecular weight excluding hydrogens is 332 g/mol. The standard InChI is InChI=1S/C17H24N2O2S.ClH/c1-19(14-8-12-6-7-13(9-14)18-12)17(20)11-22-16-5-3-4-15(10-16)21-2;/h3-5,10,12-14,18H,6-9,11H2,1-2H3;1H. The maximum absolute atomic E-state index is 12.5. The first-order chi connectivity index (χ1) is 10.7. The van der Waals surface area contributed by atoms with E-state index in [0.717, 1.165) is 23.5 Å². The zero-order valence-electron chi connectivity index (χ0n) is 13.7. The summed E-state index contributed by atoms with van der Waals surface area (Å²) in [5.74, 6) is 1.54. The summed E-state index contributed by atoms with van der Waals surface area (Å²) in [5.41, 5.74) is 0. The van der Waals surface area contributed by atoms with E-state index in [0.29, 0.717) is 23.9 Å². The summed E-state index contributed by atoms with van der Waals surface area (Å²) < 4.78 is 5.22. The van der Waals surface area contributed by atoms with Crippen molar-refractivity contribution >= 4 is 30.1 Å². The van der Waals surface area contributed by atoms with Gasteiger partial charge < -0.3 is 15.0 Å². The van der Waals surface area contributed by atoms with Gasteiger partial charge in [-0.3, -0.25) is 4.79 Å². The van der Waals surface area contributed by atoms with Crippen LogP contribution in [0.15, 0.2) is 29.2 Å². The topological polar surface area (TPSA) is 41.6 Å². The second-order valence-corrected chi connectivity index (χ2v) is 7.28. The van der Waals surface area contributed by atoms with E-state index in [2.05, 4.69) is 5.32 Å². The second kappa shape index (κ2) is 8.27. The molecule has 0 radical (unpaired) electrons. The fourth-order valence-electron chi connectivity index (χ4n) is 3.48. The van der Waals surface area contributed by atoms with Gasteiger partial charge in [0.05, 0.1) is 12.9 Å². The summed E-state index contributed by atoms with van der Waals surface area (Å²) in [6.07, 6.45) is 4.73. The van der Waals surface area contributed by atoms with Crippen LogP contribution in [-0.4, -0.2) is 48.8 Å². The number of piperidine rings is 1. The van der Waals surface area contributed by atoms with Gasteiger partial charge in [-0.15, -0.1) is 24.2 Å². The van der Waals surface area contributed by atoms with Crippen LogP contribution in [0.4, 0.5) is 0 Å². The maximum Gasteiger partial charge on any atom is 0.232 e. The van der Waals surface area contributed by atoms with Crippen molar-refractivity contribution in [3.8, 4) is 5.75 Å². The molecule has 1 aromatic carbocycles. The van der Waals surface area contributed by atoms with Crippen LogP contribution >= 0.6 is 24.2 Å². The summed E-state index contributed by atoms with van der Waals surface area (Å²) in [6.45, 7) is 0. The molecule has 2 unspecified atom stereocenters. The number of methoxy groups -OCH3 is 1. The lowest BCUT2D eigenvalue weighted by Gasteiger charge is -2.35. The molecule has 128 valence electrons. The van der Waals surface area contributed by atoms with E-state index in [9.17, 15) is 4.79 Å². The van der Waals surface area contributed by atoms with Crippen molar-refractivity contribution in [2.24, 2.45) is 0 Å². The lowest BCUT2D eigenvalue weighted by Crippen LogP contribution is -2.49. The number of nitrogens with one attached hydrogen (secondary N) is 1. The fraction of sp³-hybridized carbons (Fsp3) is 0.588. The van der Waals surface area contributed by atoms with Gasteiger partial charge in [0.2, 0.25) is 5.91 Å². The summed E-state index contributed by atoms with van der Waals surface area (Å²) in [4.78, 5) is 15.5. The summed E-state index contributed by atoms with van der Waals surface area (Å²) in [6, 6.07) is 9.50. The third-order valence-electron chi connectivity index (χ3n) is 4.79. The number of nitrogens with zero attached hydrogens (tertiary/aromatic N) is 1. The number of carbonyl (C=O) groups excluding carboxylic acids is 1. The number of rotatable bonds is 5. The minimum Gasteiger partial charge on any atom is -0.497 e. The maximum atomic E-state index is 12.5. The van der Waals surface area contributed by atoms with Crippen LogP contribution in [0.25, 0.3) is 0 Å². The number of hydrogen-bond acceptors (Lipinski definition) is 4. The molecule has 2 atom stereocenters. The Morgan fingerprint density at radius 3 is 2.70 bits per heavy atom. The predicted molar refractivity (Wildman–Crippen MR) is 96.7 cm³/mol. The highest BCUT2D eigenvalue weighted by molar-refractivity contribution is 8.00. The SMILES string of the molecule is COc1cccc(SCC(=O)N(C)C2CC3CCC(C2)N3)c1.Cl. The van der Waals surface area contributed by atoms with Gasteiger partial charge in [-0.25, -0.2) is 0 Å². The van der Waals surface area contributed by atoms with E-state index in [-0.39, 0.29) is 18.3 Å². The molecule has 0 aliphatic carbocycles. The number of halogens is 1. The molecule has 4 nitrogen and oxygen atoms in total. The van der Waals surface area contributed by atoms with E-state index in [1.54, 1.807) is 18.9 Å². The van der Waals surface area contributed by atoms with Crippen LogP contribution in [0.5, 0.6) is 5.75 Å². The largest absolute Gasteiger partial charge is 0.497 e. The molecule has 23 heavy (non-hydrogen) atoms. The summed E-state index contributed by atoms with van der Waals surface area (Å²) in [7, 11) is 3.62. The highest BCUT2D eigenvalue weighted by atomic mass is 35.5. The Kier molecular flexibility index (Phi) is 6.62. The molecule has 2 heterocycles. The molecule has 2 aliphatic heterocycles. The van der Waals surface area contributed by atoms with Crippen molar-refractivity contribution in [1.29, 1.82) is 0 Å². The molecule has 3 rings (SSSR count). The Balaban J connectivity index is 0.00000192. The molecule has 1 amide bonds. The zero-order chi connectivity index (χ0) is 15.5. The predicted octanol–water partition coefficient (Wildman–Crippen LogP) is 2.95. The Morgan fingerprint density at radius 2 is 2.04 bits per heavy atom. The minimum absolute atomic E-state index is 0. The average Bonchev–Trinajstić information content (AvgIpc) is 2.90. The van der Waals surface area contributed by atoms with Gasteiger partial charge in [-0.2, -0.15) is 0 Å². The van der Waals surface area contributed by atoms with E-state index in [4.69, 9.17) is 4.74 Å². The first-order valence-electron chi connectivity index (χ1n) is 7.94. The monoisotopic (exact) mass is 356 g/mol. The van der Waals surface area contributed by atoms with Crippen molar-refractivity contribution in [3.05, 3.63) is 24.3 Å². The fourth-order valence-corrected chi connectivity index (χ4v) is 4.35. The van der Waals surface area contributed by atoms with Gasteiger partial charge in [0.25, 0.3) is 0 Å². The van der Waals surface area contributed by atoms with Crippen LogP contribution in [-0.2, 0) is 4.79 Å². The van der Waals surface area contributed by atoms with E-state index in [1.165, 1.54) is 12.8 Å². The van der Waals surface area contributed by atoms with Crippen molar-refractivity contribution in [2.45, 2.75) is 48.7 Å². The summed E-state index contributed by atoms with van der Waals surface area (Å²) >= 11 is 1.58. The van der Waals surface area contributed by atoms with E-state index < -0.39 is 0 Å². The van der Waals surface area contributed by atoms with E-state index in [1.807, 2.05) is 36.2 Å². The highest BCUT2D eigenvalue weighted by Crippen LogP contribution is 2.30. The average molecular weight is 357 g/mol. The first-order valence-corrected chi connectivity index (χ1v) is 8.93. The third kappa shape index (κ3) is 4.55. The van der Waals surface area contributed by atoms with Gasteiger partial charge in [-0.05, 0) is 43.9 Å². The first kappa shape index (κ1) is 18.4. The lowest BCUT2D eigenvalue weighted by molar-refractivity contribution is -0.129. The number of benzene rings is 1. The van der Waals surface area contributed by atoms with Crippen LogP contribution in [0.3, 0.4) is 0 Å². The molecule has 2 fully saturated rings. The molecule has 0 aromatic heterocycles. The van der Waals surface area contributed by atoms with Crippen LogP contribution in [0.2, 0.25) is 0 Å². The van der Waals surface area contributed by atoms with Crippen LogP contribution in [0.1, 0.15) is 25.7 Å². The Morgan fingerprint density at radius 1 is 1.35 bits per heavy atom. The molecule has 2 aliphatic rings. The Labute approximate surface area is 148 Å². The van der Waals surface area contributed by atoms with Crippen LogP contribution in [0, 0.1) is 0 Å². The van der Waals surface area contributed by atoms with Gasteiger partial charge in [-0.1, -0.05) is 6.07 Å². The smallest absolute Gasteiger partial charge is 0.232 e. The normalized spacial score (nSPS) is 25.6. The minimum atomic E-state index is 0. The van der Waals surface area contributed by atoms with Gasteiger partial charge >= 0.3 is 0 Å². The number of ether oxygens (including phenoxy) is 1. The molecule has 6 heteroatoms. The molecule has 2 bridgehead atoms. The number of hydrogen-bond donors (Lipinski definition) is 1. The number of amides is 1. The van der Waals surface area contributed by atoms with Crippen molar-refractivity contribution < 1.29 is 9.53 Å². The Bertz CT molecular complexity index is 531. The van der Waals surface area contributed by atoms with Gasteiger partial charge in [0.1, 0.15) is 5.75 Å². The van der Waals surface area contributed by atoms with Crippen molar-refractivity contribution in [3.63, 3.8) is 0 Å². The van der Waals surface area contributed by atoms with Gasteiger partial charge in [0.15, 0.2) is 0 Å². The number of thioether (sulfide) groups is 1. The molecular formula is C17H25ClN2O2S. The molecule has 1 N–H and O–H groups in total. The van der Waals surface area contributed by atoms with Crippen molar-refractivity contribution in [1.82, 2.24) is 10.2 Å². The molecule has 2 saturated heterocycles. The summed E-state index contributed by atoms with van der Waals surface area (Å²) in [5, 5.41) is 3.63. The number of carbonyl (C=O) groups is 1. The van der Waals surface area contributed by atoms with Gasteiger partial charge in [0, 0.05) is 30.1 Å². The molecule has 0 saturated carbocycles. The molecule has 1 aromatic rings. The van der Waals surface area contributed by atoms with Crippen molar-refractivity contribution in [2.75, 3.05) is 19.9 Å². The third-order valence-corrected chi connectivity index (χ3v) is 5.77. The van der Waals surface area contributed by atoms with Crippen LogP contribution < -0.4 is 10.1 Å². The quantitative estimate of drug-likeness (QED) is 0.823. The number of fused-ring (bicyclic) bond motifs is 2.